The quantitative estimate of drug-likeness (QED) is 0.843. The molecule has 100 valence electrons. The predicted molar refractivity (Wildman–Crippen MR) is 73.9 cm³/mol. The minimum Gasteiger partial charge on any atom is -0.496 e. The molecule has 0 aliphatic carbocycles. The third kappa shape index (κ3) is 3.47. The highest BCUT2D eigenvalue weighted by molar-refractivity contribution is 5.97. The summed E-state index contributed by atoms with van der Waals surface area (Å²) in [6.07, 6.45) is 1.54. The summed E-state index contributed by atoms with van der Waals surface area (Å²) in [5.41, 5.74) is 6.86. The van der Waals surface area contributed by atoms with Crippen LogP contribution < -0.4 is 15.8 Å². The number of hydrogen-bond acceptors (Lipinski definition) is 3. The Kier molecular flexibility index (Phi) is 4.73. The molecule has 0 fully saturated rings. The molecule has 4 nitrogen and oxygen atoms in total. The molecule has 1 aromatic rings. The summed E-state index contributed by atoms with van der Waals surface area (Å²) in [4.78, 5) is 12.0. The molecule has 0 saturated heterocycles. The van der Waals surface area contributed by atoms with Gasteiger partial charge in [0.2, 0.25) is 5.91 Å². The summed E-state index contributed by atoms with van der Waals surface area (Å²) in [5, 5.41) is 2.84. The van der Waals surface area contributed by atoms with Crippen LogP contribution in [0.3, 0.4) is 0 Å². The number of benzene rings is 1. The van der Waals surface area contributed by atoms with Gasteiger partial charge in [0.15, 0.2) is 0 Å². The molecule has 18 heavy (non-hydrogen) atoms. The summed E-state index contributed by atoms with van der Waals surface area (Å²) in [7, 11) is 1.62. The molecule has 4 heteroatoms. The number of carbonyl (C=O) groups excluding carboxylic acids is 1. The van der Waals surface area contributed by atoms with Crippen LogP contribution in [0.2, 0.25) is 0 Å². The normalized spacial score (nSPS) is 13.8. The van der Waals surface area contributed by atoms with Crippen molar-refractivity contribution in [1.29, 1.82) is 0 Å². The topological polar surface area (TPSA) is 64.4 Å². The van der Waals surface area contributed by atoms with Crippen molar-refractivity contribution in [3.63, 3.8) is 0 Å². The molecule has 1 atom stereocenters. The van der Waals surface area contributed by atoms with Crippen LogP contribution in [0, 0.1) is 6.92 Å². The summed E-state index contributed by atoms with van der Waals surface area (Å²) in [5.74, 6) is 0.644. The fourth-order valence-corrected chi connectivity index (χ4v) is 1.86. The SMILES string of the molecule is CCCC(C)(N)C(=O)Nc1ccc(OC)c(C)c1. The maximum atomic E-state index is 12.0. The van der Waals surface area contributed by atoms with E-state index in [4.69, 9.17) is 10.5 Å². The van der Waals surface area contributed by atoms with E-state index in [1.807, 2.05) is 32.0 Å². The lowest BCUT2D eigenvalue weighted by Gasteiger charge is -2.23. The molecular formula is C14H22N2O2. The van der Waals surface area contributed by atoms with Gasteiger partial charge in [-0.1, -0.05) is 13.3 Å². The number of rotatable bonds is 5. The van der Waals surface area contributed by atoms with Crippen molar-refractivity contribution in [2.45, 2.75) is 39.2 Å². The molecule has 0 aliphatic rings. The first-order valence-electron chi connectivity index (χ1n) is 6.15. The van der Waals surface area contributed by atoms with Gasteiger partial charge in [-0.25, -0.2) is 0 Å². The van der Waals surface area contributed by atoms with E-state index in [1.54, 1.807) is 14.0 Å². The van der Waals surface area contributed by atoms with Crippen molar-refractivity contribution in [2.24, 2.45) is 5.73 Å². The lowest BCUT2D eigenvalue weighted by molar-refractivity contribution is -0.120. The molecule has 1 amide bonds. The van der Waals surface area contributed by atoms with E-state index >= 15 is 0 Å². The Morgan fingerprint density at radius 1 is 1.50 bits per heavy atom. The van der Waals surface area contributed by atoms with Crippen LogP contribution in [0.15, 0.2) is 18.2 Å². The fourth-order valence-electron chi connectivity index (χ4n) is 1.86. The lowest BCUT2D eigenvalue weighted by Crippen LogP contribution is -2.48. The monoisotopic (exact) mass is 250 g/mol. The number of methoxy groups -OCH3 is 1. The van der Waals surface area contributed by atoms with E-state index in [9.17, 15) is 4.79 Å². The Morgan fingerprint density at radius 2 is 2.17 bits per heavy atom. The van der Waals surface area contributed by atoms with E-state index in [-0.39, 0.29) is 5.91 Å². The zero-order chi connectivity index (χ0) is 13.8. The summed E-state index contributed by atoms with van der Waals surface area (Å²) < 4.78 is 5.17. The minimum atomic E-state index is -0.831. The van der Waals surface area contributed by atoms with Gasteiger partial charge in [0.1, 0.15) is 5.75 Å². The van der Waals surface area contributed by atoms with Gasteiger partial charge in [-0.05, 0) is 44.0 Å². The molecule has 3 N–H and O–H groups in total. The van der Waals surface area contributed by atoms with E-state index in [0.717, 1.165) is 23.4 Å². The molecule has 1 rings (SSSR count). The van der Waals surface area contributed by atoms with Crippen LogP contribution in [0.1, 0.15) is 32.3 Å². The second kappa shape index (κ2) is 5.87. The molecular weight excluding hydrogens is 228 g/mol. The standard InChI is InChI=1S/C14H22N2O2/c1-5-8-14(3,15)13(17)16-11-6-7-12(18-4)10(2)9-11/h6-7,9H,5,8,15H2,1-4H3,(H,16,17). The van der Waals surface area contributed by atoms with Gasteiger partial charge in [-0.3, -0.25) is 4.79 Å². The summed E-state index contributed by atoms with van der Waals surface area (Å²) in [6.45, 7) is 5.69. The van der Waals surface area contributed by atoms with Gasteiger partial charge in [0.25, 0.3) is 0 Å². The molecule has 0 spiro atoms. The number of nitrogens with one attached hydrogen (secondary N) is 1. The number of carbonyl (C=O) groups is 1. The largest absolute Gasteiger partial charge is 0.496 e. The third-order valence-electron chi connectivity index (χ3n) is 2.94. The summed E-state index contributed by atoms with van der Waals surface area (Å²) >= 11 is 0. The maximum Gasteiger partial charge on any atom is 0.244 e. The van der Waals surface area contributed by atoms with Crippen molar-refractivity contribution in [1.82, 2.24) is 0 Å². The highest BCUT2D eigenvalue weighted by atomic mass is 16.5. The number of amides is 1. The number of hydrogen-bond donors (Lipinski definition) is 2. The van der Waals surface area contributed by atoms with Crippen molar-refractivity contribution in [3.05, 3.63) is 23.8 Å². The smallest absolute Gasteiger partial charge is 0.244 e. The third-order valence-corrected chi connectivity index (χ3v) is 2.94. The van der Waals surface area contributed by atoms with Crippen LogP contribution in [0.5, 0.6) is 5.75 Å². The Labute approximate surface area is 109 Å². The lowest BCUT2D eigenvalue weighted by atomic mass is 9.96. The fraction of sp³-hybridized carbons (Fsp3) is 0.500. The van der Waals surface area contributed by atoms with Gasteiger partial charge in [-0.15, -0.1) is 0 Å². The van der Waals surface area contributed by atoms with Gasteiger partial charge in [-0.2, -0.15) is 0 Å². The van der Waals surface area contributed by atoms with Crippen LogP contribution in [-0.2, 0) is 4.79 Å². The van der Waals surface area contributed by atoms with Crippen LogP contribution >= 0.6 is 0 Å². The molecule has 1 unspecified atom stereocenters. The van der Waals surface area contributed by atoms with Crippen molar-refractivity contribution in [3.8, 4) is 5.75 Å². The summed E-state index contributed by atoms with van der Waals surface area (Å²) in [6, 6.07) is 5.52. The minimum absolute atomic E-state index is 0.158. The van der Waals surface area contributed by atoms with Crippen molar-refractivity contribution >= 4 is 11.6 Å². The highest BCUT2D eigenvalue weighted by Crippen LogP contribution is 2.22. The second-order valence-corrected chi connectivity index (χ2v) is 4.81. The van der Waals surface area contributed by atoms with Crippen LogP contribution in [0.25, 0.3) is 0 Å². The second-order valence-electron chi connectivity index (χ2n) is 4.81. The molecule has 0 aliphatic heterocycles. The van der Waals surface area contributed by atoms with Crippen LogP contribution in [0.4, 0.5) is 5.69 Å². The molecule has 0 radical (unpaired) electrons. The first-order chi connectivity index (χ1) is 8.40. The first kappa shape index (κ1) is 14.5. The predicted octanol–water partition coefficient (Wildman–Crippen LogP) is 2.46. The van der Waals surface area contributed by atoms with E-state index in [2.05, 4.69) is 5.32 Å². The number of anilines is 1. The zero-order valence-electron chi connectivity index (χ0n) is 11.5. The Morgan fingerprint density at radius 3 is 2.67 bits per heavy atom. The molecule has 1 aromatic carbocycles. The van der Waals surface area contributed by atoms with Crippen molar-refractivity contribution < 1.29 is 9.53 Å². The van der Waals surface area contributed by atoms with E-state index in [1.165, 1.54) is 0 Å². The first-order valence-corrected chi connectivity index (χ1v) is 6.15. The van der Waals surface area contributed by atoms with E-state index < -0.39 is 5.54 Å². The van der Waals surface area contributed by atoms with Gasteiger partial charge in [0.05, 0.1) is 12.6 Å². The van der Waals surface area contributed by atoms with Crippen molar-refractivity contribution in [2.75, 3.05) is 12.4 Å². The average Bonchev–Trinajstić information content (AvgIpc) is 2.29. The number of aryl methyl sites for hydroxylation is 1. The Bertz CT molecular complexity index is 428. The number of nitrogens with two attached hydrogens (primary N) is 1. The molecule has 0 saturated carbocycles. The average molecular weight is 250 g/mol. The Balaban J connectivity index is 2.79. The molecule has 0 heterocycles. The van der Waals surface area contributed by atoms with Gasteiger partial charge in [0, 0.05) is 5.69 Å². The van der Waals surface area contributed by atoms with Gasteiger partial charge >= 0.3 is 0 Å². The zero-order valence-corrected chi connectivity index (χ0v) is 11.5. The Hall–Kier alpha value is -1.55. The number of ether oxygens (including phenoxy) is 1. The van der Waals surface area contributed by atoms with Crippen LogP contribution in [-0.4, -0.2) is 18.6 Å². The van der Waals surface area contributed by atoms with Gasteiger partial charge < -0.3 is 15.8 Å². The van der Waals surface area contributed by atoms with E-state index in [0.29, 0.717) is 6.42 Å². The highest BCUT2D eigenvalue weighted by Gasteiger charge is 2.27. The molecule has 0 aromatic heterocycles. The molecule has 0 bridgehead atoms. The maximum absolute atomic E-state index is 12.0.